The Morgan fingerprint density at radius 3 is 2.17 bits per heavy atom. The summed E-state index contributed by atoms with van der Waals surface area (Å²) in [5, 5.41) is 0. The standard InChI is InChI=1S/C22H26N2O5/c1-29-19(25)13-23-17(14-7-2-3-8-14)11-6-12-18(22(23)28)24-20(26)15-9-4-5-10-16(15)21(24)27/h4-5,9-10,14,17-18H,2-3,6-8,11-13H2,1H3/t17-,18+/m1/s1. The number of hydrogen-bond donors (Lipinski definition) is 0. The molecule has 0 bridgehead atoms. The number of carbonyl (C=O) groups is 4. The molecular formula is C22H26N2O5. The SMILES string of the molecule is COC(=O)CN1C(=O)[C@@H](N2C(=O)c3ccccc3C2=O)CCC[C@@H]1C1CCCC1. The van der Waals surface area contributed by atoms with Crippen molar-refractivity contribution in [3.8, 4) is 0 Å². The Balaban J connectivity index is 1.65. The maximum atomic E-state index is 13.6. The Kier molecular flexibility index (Phi) is 5.39. The highest BCUT2D eigenvalue weighted by atomic mass is 16.5. The number of ether oxygens (including phenoxy) is 1. The van der Waals surface area contributed by atoms with Crippen LogP contribution in [0.3, 0.4) is 0 Å². The molecule has 0 aromatic heterocycles. The highest BCUT2D eigenvalue weighted by molar-refractivity contribution is 6.22. The van der Waals surface area contributed by atoms with Gasteiger partial charge in [0.15, 0.2) is 0 Å². The number of esters is 1. The Morgan fingerprint density at radius 1 is 0.966 bits per heavy atom. The van der Waals surface area contributed by atoms with Gasteiger partial charge in [0.05, 0.1) is 18.2 Å². The molecule has 2 atom stereocenters. The van der Waals surface area contributed by atoms with Gasteiger partial charge in [0, 0.05) is 6.04 Å². The van der Waals surface area contributed by atoms with Crippen LogP contribution in [0.5, 0.6) is 0 Å². The molecule has 1 saturated heterocycles. The maximum Gasteiger partial charge on any atom is 0.325 e. The van der Waals surface area contributed by atoms with Crippen LogP contribution in [-0.2, 0) is 14.3 Å². The quantitative estimate of drug-likeness (QED) is 0.574. The summed E-state index contributed by atoms with van der Waals surface area (Å²) in [6.07, 6.45) is 6.24. The molecule has 2 fully saturated rings. The van der Waals surface area contributed by atoms with E-state index in [2.05, 4.69) is 0 Å². The van der Waals surface area contributed by atoms with Gasteiger partial charge >= 0.3 is 5.97 Å². The van der Waals surface area contributed by atoms with Crippen molar-refractivity contribution >= 4 is 23.7 Å². The topological polar surface area (TPSA) is 84.0 Å². The summed E-state index contributed by atoms with van der Waals surface area (Å²) >= 11 is 0. The molecular weight excluding hydrogens is 372 g/mol. The predicted molar refractivity (Wildman–Crippen MR) is 104 cm³/mol. The molecule has 1 aromatic rings. The summed E-state index contributed by atoms with van der Waals surface area (Å²) in [6, 6.07) is 5.72. The molecule has 0 radical (unpaired) electrons. The van der Waals surface area contributed by atoms with Gasteiger partial charge in [0.2, 0.25) is 5.91 Å². The van der Waals surface area contributed by atoms with Crippen LogP contribution in [0.4, 0.5) is 0 Å². The van der Waals surface area contributed by atoms with Crippen molar-refractivity contribution in [2.45, 2.75) is 57.0 Å². The third kappa shape index (κ3) is 3.43. The Hall–Kier alpha value is -2.70. The monoisotopic (exact) mass is 398 g/mol. The fourth-order valence-electron chi connectivity index (χ4n) is 5.12. The minimum Gasteiger partial charge on any atom is -0.468 e. The maximum absolute atomic E-state index is 13.6. The first-order valence-corrected chi connectivity index (χ1v) is 10.4. The van der Waals surface area contributed by atoms with Crippen LogP contribution >= 0.6 is 0 Å². The number of fused-ring (bicyclic) bond motifs is 1. The lowest BCUT2D eigenvalue weighted by Crippen LogP contribution is -2.54. The third-order valence-corrected chi connectivity index (χ3v) is 6.55. The first kappa shape index (κ1) is 19.6. The number of benzene rings is 1. The fraction of sp³-hybridized carbons (Fsp3) is 0.545. The molecule has 7 nitrogen and oxygen atoms in total. The summed E-state index contributed by atoms with van der Waals surface area (Å²) in [4.78, 5) is 54.2. The van der Waals surface area contributed by atoms with Gasteiger partial charge in [-0.1, -0.05) is 25.0 Å². The molecule has 7 heteroatoms. The first-order chi connectivity index (χ1) is 14.0. The van der Waals surface area contributed by atoms with Crippen LogP contribution < -0.4 is 0 Å². The van der Waals surface area contributed by atoms with E-state index in [1.54, 1.807) is 29.2 Å². The van der Waals surface area contributed by atoms with Gasteiger partial charge in [-0.2, -0.15) is 0 Å². The molecule has 3 aliphatic rings. The number of carbonyl (C=O) groups excluding carboxylic acids is 4. The van der Waals surface area contributed by atoms with E-state index in [-0.39, 0.29) is 18.5 Å². The summed E-state index contributed by atoms with van der Waals surface area (Å²) in [5.41, 5.74) is 0.669. The van der Waals surface area contributed by atoms with Crippen molar-refractivity contribution in [3.63, 3.8) is 0 Å². The van der Waals surface area contributed by atoms with E-state index in [1.165, 1.54) is 7.11 Å². The van der Waals surface area contributed by atoms with Crippen molar-refractivity contribution in [1.29, 1.82) is 0 Å². The van der Waals surface area contributed by atoms with E-state index < -0.39 is 23.8 Å². The number of likely N-dealkylation sites (tertiary alicyclic amines) is 1. The normalized spacial score (nSPS) is 25.3. The van der Waals surface area contributed by atoms with Crippen LogP contribution in [0.25, 0.3) is 0 Å². The van der Waals surface area contributed by atoms with Gasteiger partial charge in [0.1, 0.15) is 12.6 Å². The van der Waals surface area contributed by atoms with E-state index in [0.717, 1.165) is 43.4 Å². The Labute approximate surface area is 170 Å². The number of hydrogen-bond acceptors (Lipinski definition) is 5. The van der Waals surface area contributed by atoms with Crippen molar-refractivity contribution in [2.75, 3.05) is 13.7 Å². The minimum absolute atomic E-state index is 0.0516. The number of amides is 3. The lowest BCUT2D eigenvalue weighted by molar-refractivity contribution is -0.150. The number of imide groups is 1. The summed E-state index contributed by atoms with van der Waals surface area (Å²) < 4.78 is 4.83. The van der Waals surface area contributed by atoms with Gasteiger partial charge in [-0.05, 0) is 50.2 Å². The van der Waals surface area contributed by atoms with Crippen molar-refractivity contribution in [2.24, 2.45) is 5.92 Å². The second-order valence-corrected chi connectivity index (χ2v) is 8.13. The van der Waals surface area contributed by atoms with Crippen molar-refractivity contribution in [1.82, 2.24) is 9.80 Å². The van der Waals surface area contributed by atoms with Gasteiger partial charge in [0.25, 0.3) is 11.8 Å². The zero-order valence-corrected chi connectivity index (χ0v) is 16.6. The lowest BCUT2D eigenvalue weighted by Gasteiger charge is -2.35. The second kappa shape index (κ2) is 7.97. The Morgan fingerprint density at radius 2 is 1.59 bits per heavy atom. The molecule has 154 valence electrons. The van der Waals surface area contributed by atoms with Crippen LogP contribution in [0.2, 0.25) is 0 Å². The zero-order valence-electron chi connectivity index (χ0n) is 16.6. The summed E-state index contributed by atoms with van der Waals surface area (Å²) in [5.74, 6) is -1.31. The van der Waals surface area contributed by atoms with Crippen LogP contribution in [-0.4, -0.2) is 59.2 Å². The van der Waals surface area contributed by atoms with Crippen LogP contribution in [0.15, 0.2) is 24.3 Å². The molecule has 1 aliphatic carbocycles. The van der Waals surface area contributed by atoms with Gasteiger partial charge < -0.3 is 9.64 Å². The highest BCUT2D eigenvalue weighted by Crippen LogP contribution is 2.36. The summed E-state index contributed by atoms with van der Waals surface area (Å²) in [7, 11) is 1.30. The molecule has 0 spiro atoms. The largest absolute Gasteiger partial charge is 0.468 e. The van der Waals surface area contributed by atoms with Crippen LogP contribution in [0.1, 0.15) is 65.7 Å². The van der Waals surface area contributed by atoms with Gasteiger partial charge in [-0.3, -0.25) is 24.1 Å². The highest BCUT2D eigenvalue weighted by Gasteiger charge is 2.47. The average Bonchev–Trinajstić information content (AvgIpc) is 3.31. The molecule has 3 amide bonds. The Bertz CT molecular complexity index is 810. The van der Waals surface area contributed by atoms with Gasteiger partial charge in [-0.15, -0.1) is 0 Å². The minimum atomic E-state index is -0.876. The molecule has 2 aliphatic heterocycles. The molecule has 4 rings (SSSR count). The van der Waals surface area contributed by atoms with E-state index in [4.69, 9.17) is 4.74 Å². The van der Waals surface area contributed by atoms with Crippen molar-refractivity contribution in [3.05, 3.63) is 35.4 Å². The molecule has 2 heterocycles. The molecule has 0 N–H and O–H groups in total. The lowest BCUT2D eigenvalue weighted by atomic mass is 9.93. The summed E-state index contributed by atoms with van der Waals surface area (Å²) in [6.45, 7) is -0.143. The first-order valence-electron chi connectivity index (χ1n) is 10.4. The predicted octanol–water partition coefficient (Wildman–Crippen LogP) is 2.40. The smallest absolute Gasteiger partial charge is 0.325 e. The number of methoxy groups -OCH3 is 1. The van der Waals surface area contributed by atoms with E-state index >= 15 is 0 Å². The molecule has 1 saturated carbocycles. The average molecular weight is 398 g/mol. The van der Waals surface area contributed by atoms with E-state index in [9.17, 15) is 19.2 Å². The molecule has 29 heavy (non-hydrogen) atoms. The molecule has 1 aromatic carbocycles. The number of rotatable bonds is 4. The fourth-order valence-corrected chi connectivity index (χ4v) is 5.12. The third-order valence-electron chi connectivity index (χ3n) is 6.55. The molecule has 0 unspecified atom stereocenters. The second-order valence-electron chi connectivity index (χ2n) is 8.13. The van der Waals surface area contributed by atoms with E-state index in [1.807, 2.05) is 0 Å². The van der Waals surface area contributed by atoms with Crippen molar-refractivity contribution < 1.29 is 23.9 Å². The van der Waals surface area contributed by atoms with Crippen LogP contribution in [0, 0.1) is 5.92 Å². The van der Waals surface area contributed by atoms with Gasteiger partial charge in [-0.25, -0.2) is 0 Å². The zero-order chi connectivity index (χ0) is 20.5. The number of nitrogens with zero attached hydrogens (tertiary/aromatic N) is 2. The van der Waals surface area contributed by atoms with E-state index in [0.29, 0.717) is 23.5 Å².